The highest BCUT2D eigenvalue weighted by atomic mass is 15.2. The first-order valence-corrected chi connectivity index (χ1v) is 9.19. The fraction of sp³-hybridized carbons (Fsp3) is 0.778. The summed E-state index contributed by atoms with van der Waals surface area (Å²) in [6.07, 6.45) is 11.8. The molecule has 5 fully saturated rings. The zero-order valence-corrected chi connectivity index (χ0v) is 13.2. The second-order valence-corrected chi connectivity index (χ2v) is 8.09. The van der Waals surface area contributed by atoms with Crippen LogP contribution in [-0.2, 0) is 0 Å². The van der Waals surface area contributed by atoms with Crippen LogP contribution in [0.3, 0.4) is 0 Å². The summed E-state index contributed by atoms with van der Waals surface area (Å²) in [5.74, 6) is 4.83. The molecular weight excluding hydrogens is 272 g/mol. The maximum atomic E-state index is 4.37. The van der Waals surface area contributed by atoms with E-state index in [1.165, 1.54) is 63.7 Å². The summed E-state index contributed by atoms with van der Waals surface area (Å²) in [5, 5.41) is 12.4. The zero-order chi connectivity index (χ0) is 14.5. The number of rotatable bonds is 3. The Bertz CT molecular complexity index is 524. The molecule has 0 aromatic carbocycles. The van der Waals surface area contributed by atoms with Crippen molar-refractivity contribution in [3.63, 3.8) is 0 Å². The van der Waals surface area contributed by atoms with Gasteiger partial charge in [-0.2, -0.15) is 5.10 Å². The Kier molecular flexibility index (Phi) is 3.05. The molecule has 4 nitrogen and oxygen atoms in total. The molecule has 6 rings (SSSR count). The molecule has 1 aliphatic heterocycles. The quantitative estimate of drug-likeness (QED) is 0.929. The van der Waals surface area contributed by atoms with Crippen molar-refractivity contribution in [3.05, 3.63) is 12.3 Å². The summed E-state index contributed by atoms with van der Waals surface area (Å²) >= 11 is 0. The Morgan fingerprint density at radius 3 is 2.32 bits per heavy atom. The minimum absolute atomic E-state index is 0.649. The third-order valence-electron chi connectivity index (χ3n) is 6.65. The lowest BCUT2D eigenvalue weighted by molar-refractivity contribution is 0.00739. The predicted molar refractivity (Wildman–Crippen MR) is 87.9 cm³/mol. The number of anilines is 2. The van der Waals surface area contributed by atoms with Gasteiger partial charge in [0, 0.05) is 25.2 Å². The van der Waals surface area contributed by atoms with Crippen LogP contribution in [0, 0.1) is 23.7 Å². The Balaban J connectivity index is 1.34. The third-order valence-corrected chi connectivity index (χ3v) is 6.65. The SMILES string of the molecule is c1nnc(NC2C3CC4CC(C3)CC2C4)cc1N1CCCC1. The third kappa shape index (κ3) is 2.19. The fourth-order valence-corrected chi connectivity index (χ4v) is 5.91. The lowest BCUT2D eigenvalue weighted by Crippen LogP contribution is -2.51. The molecule has 0 amide bonds. The summed E-state index contributed by atoms with van der Waals surface area (Å²) in [4.78, 5) is 2.44. The minimum Gasteiger partial charge on any atom is -0.370 e. The number of nitrogens with zero attached hydrogens (tertiary/aromatic N) is 3. The highest BCUT2D eigenvalue weighted by Gasteiger charge is 2.48. The van der Waals surface area contributed by atoms with Gasteiger partial charge >= 0.3 is 0 Å². The van der Waals surface area contributed by atoms with E-state index in [0.717, 1.165) is 29.5 Å². The van der Waals surface area contributed by atoms with Crippen molar-refractivity contribution >= 4 is 11.5 Å². The standard InChI is InChI=1S/C18H26N4/c1-2-4-22(3-1)16-10-17(21-19-11-16)20-18-14-6-12-5-13(8-14)9-15(18)7-12/h10-15,18H,1-9H2,(H,20,21). The van der Waals surface area contributed by atoms with Crippen molar-refractivity contribution < 1.29 is 0 Å². The molecule has 1 saturated heterocycles. The van der Waals surface area contributed by atoms with Gasteiger partial charge in [0.15, 0.2) is 5.82 Å². The molecule has 22 heavy (non-hydrogen) atoms. The van der Waals surface area contributed by atoms with E-state index in [1.807, 2.05) is 6.20 Å². The number of hydrogen-bond acceptors (Lipinski definition) is 4. The molecule has 0 atom stereocenters. The minimum atomic E-state index is 0.649. The molecule has 0 spiro atoms. The first kappa shape index (κ1) is 13.1. The van der Waals surface area contributed by atoms with E-state index < -0.39 is 0 Å². The van der Waals surface area contributed by atoms with Gasteiger partial charge in [0.25, 0.3) is 0 Å². The van der Waals surface area contributed by atoms with Crippen molar-refractivity contribution in [1.29, 1.82) is 0 Å². The summed E-state index contributed by atoms with van der Waals surface area (Å²) in [6.45, 7) is 2.34. The Morgan fingerprint density at radius 1 is 0.955 bits per heavy atom. The average Bonchev–Trinajstić information content (AvgIpc) is 3.05. The Morgan fingerprint density at radius 2 is 1.64 bits per heavy atom. The van der Waals surface area contributed by atoms with Crippen molar-refractivity contribution in [2.24, 2.45) is 23.7 Å². The van der Waals surface area contributed by atoms with Crippen molar-refractivity contribution in [2.75, 3.05) is 23.3 Å². The highest BCUT2D eigenvalue weighted by molar-refractivity contribution is 5.53. The molecule has 118 valence electrons. The lowest BCUT2D eigenvalue weighted by atomic mass is 9.54. The lowest BCUT2D eigenvalue weighted by Gasteiger charge is -2.54. The normalized spacial score (nSPS) is 39.5. The maximum Gasteiger partial charge on any atom is 0.150 e. The second kappa shape index (κ2) is 5.10. The maximum absolute atomic E-state index is 4.37. The van der Waals surface area contributed by atoms with E-state index in [-0.39, 0.29) is 0 Å². The molecule has 5 aliphatic rings. The molecule has 0 unspecified atom stereocenters. The highest BCUT2D eigenvalue weighted by Crippen LogP contribution is 2.54. The van der Waals surface area contributed by atoms with Gasteiger partial charge in [-0.3, -0.25) is 0 Å². The Labute approximate surface area is 132 Å². The van der Waals surface area contributed by atoms with E-state index in [9.17, 15) is 0 Å². The van der Waals surface area contributed by atoms with Gasteiger partial charge in [-0.15, -0.1) is 5.10 Å². The molecule has 4 aliphatic carbocycles. The van der Waals surface area contributed by atoms with Crippen LogP contribution >= 0.6 is 0 Å². The number of aromatic nitrogens is 2. The molecule has 1 aromatic rings. The molecule has 1 N–H and O–H groups in total. The van der Waals surface area contributed by atoms with Gasteiger partial charge in [-0.25, -0.2) is 0 Å². The van der Waals surface area contributed by atoms with Crippen LogP contribution in [0.4, 0.5) is 11.5 Å². The van der Waals surface area contributed by atoms with Crippen LogP contribution in [0.5, 0.6) is 0 Å². The zero-order valence-electron chi connectivity index (χ0n) is 13.2. The first-order valence-electron chi connectivity index (χ1n) is 9.19. The van der Waals surface area contributed by atoms with Crippen molar-refractivity contribution in [3.8, 4) is 0 Å². The first-order chi connectivity index (χ1) is 10.8. The molecule has 2 heterocycles. The molecular formula is C18H26N4. The van der Waals surface area contributed by atoms with Gasteiger partial charge in [0.05, 0.1) is 11.9 Å². The van der Waals surface area contributed by atoms with E-state index in [4.69, 9.17) is 0 Å². The smallest absolute Gasteiger partial charge is 0.150 e. The largest absolute Gasteiger partial charge is 0.370 e. The van der Waals surface area contributed by atoms with E-state index >= 15 is 0 Å². The molecule has 4 saturated carbocycles. The predicted octanol–water partition coefficient (Wildman–Crippen LogP) is 3.31. The van der Waals surface area contributed by atoms with Crippen LogP contribution in [0.25, 0.3) is 0 Å². The van der Waals surface area contributed by atoms with E-state index in [1.54, 1.807) is 0 Å². The molecule has 1 aromatic heterocycles. The molecule has 4 heteroatoms. The van der Waals surface area contributed by atoms with Gasteiger partial charge in [-0.05, 0) is 68.6 Å². The second-order valence-electron chi connectivity index (χ2n) is 8.09. The van der Waals surface area contributed by atoms with Gasteiger partial charge in [-0.1, -0.05) is 0 Å². The van der Waals surface area contributed by atoms with Crippen LogP contribution in [0.2, 0.25) is 0 Å². The van der Waals surface area contributed by atoms with Crippen molar-refractivity contribution in [2.45, 2.75) is 51.0 Å². The fourth-order valence-electron chi connectivity index (χ4n) is 5.91. The van der Waals surface area contributed by atoms with E-state index in [2.05, 4.69) is 26.5 Å². The average molecular weight is 298 g/mol. The topological polar surface area (TPSA) is 41.1 Å². The van der Waals surface area contributed by atoms with Gasteiger partial charge in [0.1, 0.15) is 0 Å². The summed E-state index contributed by atoms with van der Waals surface area (Å²) in [6, 6.07) is 2.87. The van der Waals surface area contributed by atoms with Gasteiger partial charge in [0.2, 0.25) is 0 Å². The Hall–Kier alpha value is -1.32. The van der Waals surface area contributed by atoms with E-state index in [0.29, 0.717) is 6.04 Å². The molecule has 4 bridgehead atoms. The van der Waals surface area contributed by atoms with Gasteiger partial charge < -0.3 is 10.2 Å². The summed E-state index contributed by atoms with van der Waals surface area (Å²) in [7, 11) is 0. The monoisotopic (exact) mass is 298 g/mol. The van der Waals surface area contributed by atoms with Crippen molar-refractivity contribution in [1.82, 2.24) is 10.2 Å². The van der Waals surface area contributed by atoms with Crippen LogP contribution in [0.15, 0.2) is 12.3 Å². The molecule has 0 radical (unpaired) electrons. The van der Waals surface area contributed by atoms with Crippen LogP contribution in [0.1, 0.15) is 44.9 Å². The number of nitrogens with one attached hydrogen (secondary N) is 1. The summed E-state index contributed by atoms with van der Waals surface area (Å²) < 4.78 is 0. The summed E-state index contributed by atoms with van der Waals surface area (Å²) in [5.41, 5.74) is 1.25. The van der Waals surface area contributed by atoms with Crippen LogP contribution in [-0.4, -0.2) is 29.3 Å². The number of hydrogen-bond donors (Lipinski definition) is 1. The van der Waals surface area contributed by atoms with Crippen LogP contribution < -0.4 is 10.2 Å².